The zero-order valence-corrected chi connectivity index (χ0v) is 16.2. The van der Waals surface area contributed by atoms with E-state index in [0.717, 1.165) is 18.0 Å². The highest BCUT2D eigenvalue weighted by Gasteiger charge is 2.39. The van der Waals surface area contributed by atoms with E-state index in [1.807, 2.05) is 27.7 Å². The lowest BCUT2D eigenvalue weighted by Gasteiger charge is -2.29. The zero-order chi connectivity index (χ0) is 19.3. The van der Waals surface area contributed by atoms with Crippen molar-refractivity contribution in [2.24, 2.45) is 11.1 Å². The molecule has 0 aromatic carbocycles. The fourth-order valence-electron chi connectivity index (χ4n) is 2.30. The molecule has 0 aromatic heterocycles. The fraction of sp³-hybridized carbons (Fsp3) is 0.765. The van der Waals surface area contributed by atoms with Crippen LogP contribution in [0.15, 0.2) is 0 Å². The molecule has 1 unspecified atom stereocenters. The SMILES string of the molecule is CC(C)(C=O)CCOC(C)(C)CCN1C(=O)CC(SCC(N)=O)C1=O. The molecule has 1 rings (SSSR count). The Morgan fingerprint density at radius 3 is 2.52 bits per heavy atom. The van der Waals surface area contributed by atoms with Crippen molar-refractivity contribution in [3.63, 3.8) is 0 Å². The zero-order valence-electron chi connectivity index (χ0n) is 15.4. The van der Waals surface area contributed by atoms with Crippen LogP contribution in [0.3, 0.4) is 0 Å². The van der Waals surface area contributed by atoms with Gasteiger partial charge in [0.15, 0.2) is 0 Å². The number of nitrogens with two attached hydrogens (primary N) is 1. The number of amides is 3. The van der Waals surface area contributed by atoms with Crippen molar-refractivity contribution in [1.82, 2.24) is 4.90 Å². The molecular formula is C17H28N2O5S. The Bertz CT molecular complexity index is 533. The minimum atomic E-state index is -0.530. The third-order valence-corrected chi connectivity index (χ3v) is 5.35. The lowest BCUT2D eigenvalue weighted by Crippen LogP contribution is -2.37. The van der Waals surface area contributed by atoms with E-state index in [0.29, 0.717) is 19.4 Å². The molecule has 7 nitrogen and oxygen atoms in total. The van der Waals surface area contributed by atoms with Gasteiger partial charge in [-0.15, -0.1) is 11.8 Å². The Hall–Kier alpha value is -1.41. The Labute approximate surface area is 153 Å². The first-order chi connectivity index (χ1) is 11.5. The van der Waals surface area contributed by atoms with Crippen molar-refractivity contribution >= 4 is 35.8 Å². The molecule has 1 aliphatic rings. The predicted octanol–water partition coefficient (Wildman–Crippen LogP) is 1.13. The van der Waals surface area contributed by atoms with Gasteiger partial charge in [-0.2, -0.15) is 0 Å². The van der Waals surface area contributed by atoms with Crippen LogP contribution in [0.4, 0.5) is 0 Å². The van der Waals surface area contributed by atoms with E-state index in [-0.39, 0.29) is 30.5 Å². The molecule has 1 saturated heterocycles. The normalized spacial score (nSPS) is 18.7. The maximum absolute atomic E-state index is 12.3. The van der Waals surface area contributed by atoms with Crippen LogP contribution in [0.25, 0.3) is 0 Å². The number of carbonyl (C=O) groups is 4. The van der Waals surface area contributed by atoms with Crippen LogP contribution >= 0.6 is 11.8 Å². The molecule has 1 aliphatic heterocycles. The molecule has 0 saturated carbocycles. The van der Waals surface area contributed by atoms with Gasteiger partial charge in [-0.3, -0.25) is 19.3 Å². The van der Waals surface area contributed by atoms with Gasteiger partial charge in [0, 0.05) is 25.0 Å². The molecular weight excluding hydrogens is 344 g/mol. The topological polar surface area (TPSA) is 107 Å². The number of thioether (sulfide) groups is 1. The molecule has 0 aromatic rings. The van der Waals surface area contributed by atoms with Crippen LogP contribution in [0.5, 0.6) is 0 Å². The summed E-state index contributed by atoms with van der Waals surface area (Å²) in [6.07, 6.45) is 2.12. The number of primary amides is 1. The summed E-state index contributed by atoms with van der Waals surface area (Å²) in [7, 11) is 0. The second kappa shape index (κ2) is 8.80. The number of nitrogens with zero attached hydrogens (tertiary/aromatic N) is 1. The molecule has 2 N–H and O–H groups in total. The first-order valence-electron chi connectivity index (χ1n) is 8.32. The average molecular weight is 372 g/mol. The van der Waals surface area contributed by atoms with Crippen molar-refractivity contribution in [2.45, 2.75) is 57.8 Å². The molecule has 0 spiro atoms. The Morgan fingerprint density at radius 1 is 1.32 bits per heavy atom. The van der Waals surface area contributed by atoms with E-state index in [4.69, 9.17) is 10.5 Å². The molecule has 3 amide bonds. The van der Waals surface area contributed by atoms with Crippen LogP contribution in [-0.2, 0) is 23.9 Å². The molecule has 8 heteroatoms. The number of hydrogen-bond acceptors (Lipinski definition) is 6. The molecule has 0 radical (unpaired) electrons. The van der Waals surface area contributed by atoms with Gasteiger partial charge in [-0.05, 0) is 26.7 Å². The number of carbonyl (C=O) groups excluding carboxylic acids is 4. The van der Waals surface area contributed by atoms with Crippen molar-refractivity contribution < 1.29 is 23.9 Å². The number of aldehydes is 1. The van der Waals surface area contributed by atoms with Crippen molar-refractivity contribution in [1.29, 1.82) is 0 Å². The first-order valence-corrected chi connectivity index (χ1v) is 9.37. The van der Waals surface area contributed by atoms with E-state index in [2.05, 4.69) is 0 Å². The maximum Gasteiger partial charge on any atom is 0.242 e. The fourth-order valence-corrected chi connectivity index (χ4v) is 3.20. The molecule has 1 atom stereocenters. The molecule has 25 heavy (non-hydrogen) atoms. The number of likely N-dealkylation sites (tertiary alicyclic amines) is 1. The summed E-state index contributed by atoms with van der Waals surface area (Å²) in [6.45, 7) is 8.19. The average Bonchev–Trinajstić information content (AvgIpc) is 2.77. The summed E-state index contributed by atoms with van der Waals surface area (Å²) in [5, 5.41) is -0.530. The predicted molar refractivity (Wildman–Crippen MR) is 95.9 cm³/mol. The highest BCUT2D eigenvalue weighted by atomic mass is 32.2. The highest BCUT2D eigenvalue weighted by Crippen LogP contribution is 2.27. The largest absolute Gasteiger partial charge is 0.375 e. The summed E-state index contributed by atoms with van der Waals surface area (Å²) in [4.78, 5) is 47.3. The maximum atomic E-state index is 12.3. The minimum absolute atomic E-state index is 0.0264. The molecule has 0 bridgehead atoms. The van der Waals surface area contributed by atoms with Crippen LogP contribution in [0.2, 0.25) is 0 Å². The highest BCUT2D eigenvalue weighted by molar-refractivity contribution is 8.01. The molecule has 142 valence electrons. The van der Waals surface area contributed by atoms with E-state index in [1.54, 1.807) is 0 Å². The van der Waals surface area contributed by atoms with Crippen molar-refractivity contribution in [3.05, 3.63) is 0 Å². The van der Waals surface area contributed by atoms with Gasteiger partial charge in [-0.25, -0.2) is 0 Å². The number of hydrogen-bond donors (Lipinski definition) is 1. The first kappa shape index (κ1) is 21.6. The summed E-state index contributed by atoms with van der Waals surface area (Å²) in [5.41, 5.74) is 4.14. The van der Waals surface area contributed by atoms with E-state index < -0.39 is 22.2 Å². The van der Waals surface area contributed by atoms with Gasteiger partial charge in [-0.1, -0.05) is 13.8 Å². The number of imide groups is 1. The minimum Gasteiger partial charge on any atom is -0.375 e. The number of rotatable bonds is 11. The van der Waals surface area contributed by atoms with Gasteiger partial charge in [0.1, 0.15) is 6.29 Å². The van der Waals surface area contributed by atoms with Gasteiger partial charge >= 0.3 is 0 Å². The van der Waals surface area contributed by atoms with Gasteiger partial charge < -0.3 is 15.3 Å². The summed E-state index contributed by atoms with van der Waals surface area (Å²) < 4.78 is 5.83. The summed E-state index contributed by atoms with van der Waals surface area (Å²) >= 11 is 1.11. The van der Waals surface area contributed by atoms with Crippen LogP contribution < -0.4 is 5.73 Å². The standard InChI is InChI=1S/C17H28N2O5S/c1-16(2,11-20)6-8-24-17(3,4)5-7-19-14(22)9-12(15(19)23)25-10-13(18)21/h11-12H,5-10H2,1-4H3,(H2,18,21). The Morgan fingerprint density at radius 2 is 1.96 bits per heavy atom. The lowest BCUT2D eigenvalue weighted by atomic mass is 9.92. The van der Waals surface area contributed by atoms with Crippen LogP contribution in [-0.4, -0.2) is 58.7 Å². The summed E-state index contributed by atoms with van der Waals surface area (Å²) in [6, 6.07) is 0. The van der Waals surface area contributed by atoms with Gasteiger partial charge in [0.25, 0.3) is 0 Å². The molecule has 0 aliphatic carbocycles. The Kier molecular flexibility index (Phi) is 7.62. The van der Waals surface area contributed by atoms with E-state index in [1.165, 1.54) is 4.90 Å². The monoisotopic (exact) mass is 372 g/mol. The van der Waals surface area contributed by atoms with Crippen molar-refractivity contribution in [3.8, 4) is 0 Å². The third-order valence-electron chi connectivity index (χ3n) is 4.13. The van der Waals surface area contributed by atoms with Crippen molar-refractivity contribution in [2.75, 3.05) is 18.9 Å². The van der Waals surface area contributed by atoms with Gasteiger partial charge in [0.2, 0.25) is 17.7 Å². The second-order valence-electron chi connectivity index (χ2n) is 7.57. The quantitative estimate of drug-likeness (QED) is 0.430. The number of ether oxygens (including phenoxy) is 1. The van der Waals surface area contributed by atoms with Crippen LogP contribution in [0.1, 0.15) is 47.0 Å². The lowest BCUT2D eigenvalue weighted by molar-refractivity contribution is -0.139. The van der Waals surface area contributed by atoms with Gasteiger partial charge in [0.05, 0.1) is 16.6 Å². The molecule has 1 heterocycles. The summed E-state index contributed by atoms with van der Waals surface area (Å²) in [5.74, 6) is -0.978. The Balaban J connectivity index is 2.47. The smallest absolute Gasteiger partial charge is 0.242 e. The van der Waals surface area contributed by atoms with E-state index in [9.17, 15) is 19.2 Å². The second-order valence-corrected chi connectivity index (χ2v) is 8.76. The molecule has 1 fully saturated rings. The van der Waals surface area contributed by atoms with E-state index >= 15 is 0 Å². The third kappa shape index (κ3) is 7.15. The van der Waals surface area contributed by atoms with Crippen LogP contribution in [0, 0.1) is 5.41 Å².